The minimum absolute atomic E-state index is 0.0495. The van der Waals surface area contributed by atoms with Crippen LogP contribution >= 0.6 is 15.9 Å². The standard InChI is InChI=1S/C36H38BrN7O4/c1-44(2)31-16-8-25(9-17-31)23-39-42-35(46)36(22-28-6-3-4-7-29(28)24-40-43-38)33(26-10-14-30(37)15-11-26)48-34(41-36)27-12-18-32(19-13-27)47-21-5-20-45/h3-4,6-19,33,39,45H,5,20-24H2,1-2H3,(H,42,46)/t33-,36-/m0/s1. The van der Waals surface area contributed by atoms with Crippen LogP contribution in [-0.2, 0) is 29.0 Å². The van der Waals surface area contributed by atoms with Gasteiger partial charge in [0.2, 0.25) is 5.90 Å². The number of aliphatic imine (C=N–C) groups is 1. The fraction of sp³-hybridized carbons (Fsp3) is 0.278. The van der Waals surface area contributed by atoms with E-state index < -0.39 is 11.6 Å². The van der Waals surface area contributed by atoms with E-state index in [1.165, 1.54) is 0 Å². The SMILES string of the molecule is CN(C)c1ccc(CNNC(=O)[C@@]2(Cc3ccccc3CN=[N+]=[N-])N=C(c3ccc(OCCCO)cc3)O[C@H]2c2ccc(Br)cc2)cc1. The molecule has 248 valence electrons. The van der Waals surface area contributed by atoms with Crippen molar-refractivity contribution in [3.63, 3.8) is 0 Å². The molecule has 0 spiro atoms. The van der Waals surface area contributed by atoms with Crippen LogP contribution in [-0.4, -0.2) is 49.8 Å². The Kier molecular flexibility index (Phi) is 11.7. The van der Waals surface area contributed by atoms with Crippen LogP contribution in [0.3, 0.4) is 0 Å². The molecule has 1 amide bonds. The lowest BCUT2D eigenvalue weighted by Gasteiger charge is -2.31. The van der Waals surface area contributed by atoms with Crippen LogP contribution in [0.5, 0.6) is 5.75 Å². The van der Waals surface area contributed by atoms with Crippen molar-refractivity contribution in [3.05, 3.63) is 140 Å². The summed E-state index contributed by atoms with van der Waals surface area (Å²) >= 11 is 3.52. The monoisotopic (exact) mass is 711 g/mol. The van der Waals surface area contributed by atoms with Crippen molar-refractivity contribution >= 4 is 33.4 Å². The summed E-state index contributed by atoms with van der Waals surface area (Å²) < 4.78 is 13.2. The molecule has 1 aliphatic rings. The Bertz CT molecular complexity index is 1760. The summed E-state index contributed by atoms with van der Waals surface area (Å²) in [5.41, 5.74) is 18.8. The second-order valence-corrected chi connectivity index (χ2v) is 12.5. The average molecular weight is 713 g/mol. The first-order valence-electron chi connectivity index (χ1n) is 15.6. The number of nitrogens with zero attached hydrogens (tertiary/aromatic N) is 5. The van der Waals surface area contributed by atoms with Crippen LogP contribution in [0.25, 0.3) is 10.4 Å². The molecule has 1 heterocycles. The predicted molar refractivity (Wildman–Crippen MR) is 190 cm³/mol. The smallest absolute Gasteiger partial charge is 0.266 e. The van der Waals surface area contributed by atoms with Gasteiger partial charge in [0.05, 0.1) is 13.2 Å². The second kappa shape index (κ2) is 16.3. The molecule has 12 heteroatoms. The number of aliphatic hydroxyl groups excluding tert-OH is 1. The average Bonchev–Trinajstić information content (AvgIpc) is 3.49. The van der Waals surface area contributed by atoms with Crippen LogP contribution in [0.15, 0.2) is 112 Å². The predicted octanol–water partition coefficient (Wildman–Crippen LogP) is 6.41. The molecule has 0 saturated heterocycles. The maximum absolute atomic E-state index is 14.6. The number of rotatable bonds is 15. The number of halogens is 1. The maximum Gasteiger partial charge on any atom is 0.266 e. The highest BCUT2D eigenvalue weighted by Crippen LogP contribution is 2.43. The van der Waals surface area contributed by atoms with E-state index in [2.05, 4.69) is 36.8 Å². The molecule has 0 bridgehead atoms. The summed E-state index contributed by atoms with van der Waals surface area (Å²) in [5, 5.41) is 12.9. The molecule has 2 atom stereocenters. The molecule has 0 radical (unpaired) electrons. The molecule has 11 nitrogen and oxygen atoms in total. The third-order valence-electron chi connectivity index (χ3n) is 8.03. The van der Waals surface area contributed by atoms with Crippen LogP contribution in [0.1, 0.15) is 40.3 Å². The van der Waals surface area contributed by atoms with Gasteiger partial charge < -0.3 is 19.5 Å². The van der Waals surface area contributed by atoms with Crippen molar-refractivity contribution in [1.29, 1.82) is 0 Å². The number of hydrogen-bond acceptors (Lipinski definition) is 8. The van der Waals surface area contributed by atoms with Gasteiger partial charge in [0.15, 0.2) is 11.6 Å². The van der Waals surface area contributed by atoms with Crippen LogP contribution in [0.2, 0.25) is 0 Å². The molecule has 0 saturated carbocycles. The van der Waals surface area contributed by atoms with Gasteiger partial charge in [0.1, 0.15) is 5.75 Å². The highest BCUT2D eigenvalue weighted by atomic mass is 79.9. The second-order valence-electron chi connectivity index (χ2n) is 11.5. The zero-order chi connectivity index (χ0) is 33.9. The van der Waals surface area contributed by atoms with E-state index in [4.69, 9.17) is 25.1 Å². The van der Waals surface area contributed by atoms with Crippen molar-refractivity contribution in [2.45, 2.75) is 37.6 Å². The Morgan fingerprint density at radius 3 is 2.42 bits per heavy atom. The number of aliphatic hydroxyl groups is 1. The van der Waals surface area contributed by atoms with Gasteiger partial charge in [-0.15, -0.1) is 0 Å². The molecule has 0 aromatic heterocycles. The largest absolute Gasteiger partial charge is 0.494 e. The number of hydrogen-bond donors (Lipinski definition) is 3. The normalized spacial score (nSPS) is 16.8. The number of anilines is 1. The van der Waals surface area contributed by atoms with Gasteiger partial charge in [0.25, 0.3) is 5.91 Å². The molecule has 0 unspecified atom stereocenters. The van der Waals surface area contributed by atoms with E-state index in [0.29, 0.717) is 36.8 Å². The van der Waals surface area contributed by atoms with Gasteiger partial charge in [-0.1, -0.05) is 69.6 Å². The number of ether oxygens (including phenoxy) is 2. The lowest BCUT2D eigenvalue weighted by Crippen LogP contribution is -2.53. The lowest BCUT2D eigenvalue weighted by molar-refractivity contribution is -0.130. The number of amides is 1. The first-order chi connectivity index (χ1) is 23.3. The highest BCUT2D eigenvalue weighted by molar-refractivity contribution is 9.10. The Labute approximate surface area is 288 Å². The van der Waals surface area contributed by atoms with E-state index in [1.807, 2.05) is 116 Å². The van der Waals surface area contributed by atoms with E-state index in [-0.39, 0.29) is 25.5 Å². The van der Waals surface area contributed by atoms with Crippen molar-refractivity contribution in [2.24, 2.45) is 10.1 Å². The van der Waals surface area contributed by atoms with Gasteiger partial charge in [-0.3, -0.25) is 10.2 Å². The quantitative estimate of drug-likeness (QED) is 0.0428. The number of azide groups is 1. The Hall–Kier alpha value is -4.87. The van der Waals surface area contributed by atoms with E-state index >= 15 is 0 Å². The minimum atomic E-state index is -1.45. The van der Waals surface area contributed by atoms with E-state index in [0.717, 1.165) is 32.4 Å². The molecule has 0 aliphatic carbocycles. The minimum Gasteiger partial charge on any atom is -0.494 e. The number of carbonyl (C=O) groups excluding carboxylic acids is 1. The van der Waals surface area contributed by atoms with Crippen molar-refractivity contribution < 1.29 is 19.4 Å². The molecule has 3 N–H and O–H groups in total. The van der Waals surface area contributed by atoms with Crippen molar-refractivity contribution in [2.75, 3.05) is 32.2 Å². The number of hydrazine groups is 1. The fourth-order valence-corrected chi connectivity index (χ4v) is 5.71. The molecule has 48 heavy (non-hydrogen) atoms. The molecule has 5 rings (SSSR count). The summed E-state index contributed by atoms with van der Waals surface area (Å²) in [7, 11) is 3.97. The summed E-state index contributed by atoms with van der Waals surface area (Å²) in [6.45, 7) is 0.961. The topological polar surface area (TPSA) is 144 Å². The number of benzene rings is 4. The lowest BCUT2D eigenvalue weighted by atomic mass is 9.81. The summed E-state index contributed by atoms with van der Waals surface area (Å²) in [5.74, 6) is 0.582. The Morgan fingerprint density at radius 1 is 1.04 bits per heavy atom. The van der Waals surface area contributed by atoms with Gasteiger partial charge in [0, 0.05) is 60.7 Å². The van der Waals surface area contributed by atoms with Crippen LogP contribution in [0, 0.1) is 0 Å². The molecule has 4 aromatic carbocycles. The fourth-order valence-electron chi connectivity index (χ4n) is 5.45. The summed E-state index contributed by atoms with van der Waals surface area (Å²) in [4.78, 5) is 24.6. The molecule has 1 aliphatic heterocycles. The summed E-state index contributed by atoms with van der Waals surface area (Å²) in [6.07, 6.45) is -0.0997. The van der Waals surface area contributed by atoms with Gasteiger partial charge in [-0.25, -0.2) is 10.4 Å². The zero-order valence-electron chi connectivity index (χ0n) is 26.8. The number of carbonyl (C=O) groups is 1. The van der Waals surface area contributed by atoms with E-state index in [1.54, 1.807) is 0 Å². The van der Waals surface area contributed by atoms with Crippen LogP contribution < -0.4 is 20.5 Å². The first kappa shape index (κ1) is 34.5. The van der Waals surface area contributed by atoms with Crippen LogP contribution in [0.4, 0.5) is 5.69 Å². The van der Waals surface area contributed by atoms with Crippen molar-refractivity contribution in [3.8, 4) is 5.75 Å². The van der Waals surface area contributed by atoms with Gasteiger partial charge >= 0.3 is 0 Å². The molecule has 4 aromatic rings. The number of nitrogens with one attached hydrogen (secondary N) is 2. The third-order valence-corrected chi connectivity index (χ3v) is 8.56. The molecular formula is C36H38BrN7O4. The zero-order valence-corrected chi connectivity index (χ0v) is 28.4. The summed E-state index contributed by atoms with van der Waals surface area (Å²) in [6, 6.07) is 30.6. The maximum atomic E-state index is 14.6. The Balaban J connectivity index is 1.53. The molecular weight excluding hydrogens is 674 g/mol. The Morgan fingerprint density at radius 2 is 1.75 bits per heavy atom. The van der Waals surface area contributed by atoms with E-state index in [9.17, 15) is 4.79 Å². The molecule has 0 fully saturated rings. The van der Waals surface area contributed by atoms with Crippen molar-refractivity contribution in [1.82, 2.24) is 10.9 Å². The van der Waals surface area contributed by atoms with Gasteiger partial charge in [-0.2, -0.15) is 0 Å². The first-order valence-corrected chi connectivity index (χ1v) is 16.4. The third kappa shape index (κ3) is 8.34. The van der Waals surface area contributed by atoms with Gasteiger partial charge in [-0.05, 0) is 76.3 Å². The highest BCUT2D eigenvalue weighted by Gasteiger charge is 2.53.